The first-order chi connectivity index (χ1) is 7.83. The fourth-order valence-corrected chi connectivity index (χ4v) is 3.50. The van der Waals surface area contributed by atoms with Gasteiger partial charge in [0, 0.05) is 17.3 Å². The smallest absolute Gasteiger partial charge is 0.310 e. The van der Waals surface area contributed by atoms with Crippen LogP contribution in [-0.2, 0) is 0 Å². The maximum atomic E-state index is 12.2. The van der Waals surface area contributed by atoms with Crippen molar-refractivity contribution in [2.24, 2.45) is 0 Å². The van der Waals surface area contributed by atoms with Crippen molar-refractivity contribution in [3.05, 3.63) is 20.3 Å². The number of nitrogens with one attached hydrogen (secondary N) is 1. The number of halogens is 4. The van der Waals surface area contributed by atoms with Gasteiger partial charge in [0.05, 0.1) is 3.79 Å². The average molecular weight is 330 g/mol. The summed E-state index contributed by atoms with van der Waals surface area (Å²) in [6.07, 6.45) is -4.76. The Labute approximate surface area is 112 Å². The summed E-state index contributed by atoms with van der Waals surface area (Å²) in [6, 6.07) is 1.69. The third-order valence-corrected chi connectivity index (χ3v) is 4.04. The Kier molecular flexibility index (Phi) is 5.47. The van der Waals surface area contributed by atoms with Crippen molar-refractivity contribution in [1.29, 1.82) is 0 Å². The average Bonchev–Trinajstić information content (AvgIpc) is 2.51. The van der Waals surface area contributed by atoms with E-state index in [2.05, 4.69) is 21.2 Å². The number of hydrogen-bond donors (Lipinski definition) is 1. The van der Waals surface area contributed by atoms with Crippen LogP contribution in [0.2, 0.25) is 0 Å². The van der Waals surface area contributed by atoms with Crippen molar-refractivity contribution in [2.75, 3.05) is 6.54 Å². The molecular formula is C11H15BrF3NS. The van der Waals surface area contributed by atoms with E-state index < -0.39 is 12.6 Å². The number of aryl methyl sites for hydroxylation is 1. The Morgan fingerprint density at radius 2 is 2.12 bits per heavy atom. The molecule has 98 valence electrons. The van der Waals surface area contributed by atoms with Crippen molar-refractivity contribution >= 4 is 27.3 Å². The van der Waals surface area contributed by atoms with Crippen LogP contribution in [0.3, 0.4) is 0 Å². The summed E-state index contributed by atoms with van der Waals surface area (Å²) >= 11 is 4.91. The van der Waals surface area contributed by atoms with Crippen molar-refractivity contribution in [3.63, 3.8) is 0 Å². The predicted octanol–water partition coefficient (Wildman–Crippen LogP) is 4.81. The molecule has 1 N–H and O–H groups in total. The van der Waals surface area contributed by atoms with Crippen LogP contribution >= 0.6 is 27.3 Å². The molecule has 1 unspecified atom stereocenters. The predicted molar refractivity (Wildman–Crippen MR) is 68.5 cm³/mol. The normalized spacial score (nSPS) is 14.0. The molecule has 0 aliphatic heterocycles. The lowest BCUT2D eigenvalue weighted by Gasteiger charge is -2.18. The van der Waals surface area contributed by atoms with Gasteiger partial charge in [0.2, 0.25) is 0 Å². The Hall–Kier alpha value is -0.0700. The van der Waals surface area contributed by atoms with Gasteiger partial charge in [-0.25, -0.2) is 0 Å². The second-order valence-corrected chi connectivity index (χ2v) is 6.46. The largest absolute Gasteiger partial charge is 0.389 e. The highest BCUT2D eigenvalue weighted by molar-refractivity contribution is 9.11. The van der Waals surface area contributed by atoms with E-state index in [9.17, 15) is 13.2 Å². The van der Waals surface area contributed by atoms with Crippen molar-refractivity contribution < 1.29 is 13.2 Å². The first kappa shape index (κ1) is 15.0. The van der Waals surface area contributed by atoms with Gasteiger partial charge in [0.1, 0.15) is 0 Å². The molecule has 0 aliphatic rings. The molecule has 0 bridgehead atoms. The first-order valence-corrected chi connectivity index (χ1v) is 7.00. The third-order valence-electron chi connectivity index (χ3n) is 2.47. The van der Waals surface area contributed by atoms with Gasteiger partial charge in [-0.1, -0.05) is 6.92 Å². The van der Waals surface area contributed by atoms with E-state index in [1.54, 1.807) is 11.3 Å². The number of hydrogen-bond acceptors (Lipinski definition) is 2. The Balaban J connectivity index is 2.75. The van der Waals surface area contributed by atoms with Gasteiger partial charge in [-0.2, -0.15) is 13.2 Å². The fraction of sp³-hybridized carbons (Fsp3) is 0.636. The van der Waals surface area contributed by atoms with Crippen LogP contribution in [0.5, 0.6) is 0 Å². The molecule has 1 aromatic rings. The maximum absolute atomic E-state index is 12.2. The van der Waals surface area contributed by atoms with E-state index in [4.69, 9.17) is 0 Å². The molecule has 0 saturated carbocycles. The van der Waals surface area contributed by atoms with E-state index in [0.29, 0.717) is 6.54 Å². The summed E-state index contributed by atoms with van der Waals surface area (Å²) in [5.41, 5.74) is 0.966. The molecule has 6 heteroatoms. The molecule has 1 rings (SSSR count). The van der Waals surface area contributed by atoms with Gasteiger partial charge in [-0.3, -0.25) is 0 Å². The monoisotopic (exact) mass is 329 g/mol. The molecule has 0 saturated heterocycles. The van der Waals surface area contributed by atoms with Crippen LogP contribution in [0.15, 0.2) is 9.85 Å². The van der Waals surface area contributed by atoms with E-state index in [1.807, 2.05) is 19.9 Å². The van der Waals surface area contributed by atoms with Gasteiger partial charge in [0.25, 0.3) is 0 Å². The fourth-order valence-electron chi connectivity index (χ4n) is 1.73. The van der Waals surface area contributed by atoms with Crippen molar-refractivity contribution in [2.45, 2.75) is 38.9 Å². The minimum Gasteiger partial charge on any atom is -0.310 e. The molecule has 0 fully saturated rings. The summed E-state index contributed by atoms with van der Waals surface area (Å²) in [4.78, 5) is 1.06. The zero-order valence-corrected chi connectivity index (χ0v) is 12.1. The third kappa shape index (κ3) is 4.97. The van der Waals surface area contributed by atoms with Gasteiger partial charge in [-0.05, 0) is 47.4 Å². The summed E-state index contributed by atoms with van der Waals surface area (Å²) in [5, 5.41) is 3.11. The molecule has 0 amide bonds. The lowest BCUT2D eigenvalue weighted by Crippen LogP contribution is -2.23. The summed E-state index contributed by atoms with van der Waals surface area (Å²) in [7, 11) is 0. The van der Waals surface area contributed by atoms with Crippen LogP contribution in [0.4, 0.5) is 13.2 Å². The van der Waals surface area contributed by atoms with Crippen LogP contribution in [0, 0.1) is 6.92 Å². The molecular weight excluding hydrogens is 315 g/mol. The van der Waals surface area contributed by atoms with E-state index in [-0.39, 0.29) is 12.5 Å². The highest BCUT2D eigenvalue weighted by atomic mass is 79.9. The second-order valence-electron chi connectivity index (χ2n) is 3.83. The van der Waals surface area contributed by atoms with E-state index in [1.165, 1.54) is 0 Å². The molecule has 1 nitrogen and oxygen atoms in total. The molecule has 1 aromatic heterocycles. The standard InChI is InChI=1S/C11H15BrF3NS/c1-3-16-9(4-5-11(13,14)15)8-6-10(12)17-7(8)2/h6,9,16H,3-5H2,1-2H3. The van der Waals surface area contributed by atoms with Crippen LogP contribution in [0.25, 0.3) is 0 Å². The minimum atomic E-state index is -4.09. The van der Waals surface area contributed by atoms with Gasteiger partial charge in [-0.15, -0.1) is 11.3 Å². The van der Waals surface area contributed by atoms with Crippen molar-refractivity contribution in [1.82, 2.24) is 5.32 Å². The SMILES string of the molecule is CCNC(CCC(F)(F)F)c1cc(Br)sc1C. The van der Waals surface area contributed by atoms with Gasteiger partial charge in [0.15, 0.2) is 0 Å². The van der Waals surface area contributed by atoms with Crippen LogP contribution < -0.4 is 5.32 Å². The number of rotatable bonds is 5. The second kappa shape index (κ2) is 6.20. The molecule has 0 spiro atoms. The Morgan fingerprint density at radius 1 is 1.47 bits per heavy atom. The molecule has 0 aromatic carbocycles. The summed E-state index contributed by atoms with van der Waals surface area (Å²) < 4.78 is 37.7. The van der Waals surface area contributed by atoms with Gasteiger partial charge < -0.3 is 5.32 Å². The minimum absolute atomic E-state index is 0.0847. The zero-order chi connectivity index (χ0) is 13.1. The molecule has 1 heterocycles. The highest BCUT2D eigenvalue weighted by Gasteiger charge is 2.29. The topological polar surface area (TPSA) is 12.0 Å². The lowest BCUT2D eigenvalue weighted by atomic mass is 10.0. The number of alkyl halides is 3. The first-order valence-electron chi connectivity index (χ1n) is 5.39. The molecule has 0 radical (unpaired) electrons. The summed E-state index contributed by atoms with van der Waals surface area (Å²) in [6.45, 7) is 4.50. The Bertz CT molecular complexity index is 362. The molecule has 0 aliphatic carbocycles. The number of thiophene rings is 1. The maximum Gasteiger partial charge on any atom is 0.389 e. The zero-order valence-electron chi connectivity index (χ0n) is 9.70. The quantitative estimate of drug-likeness (QED) is 0.817. The van der Waals surface area contributed by atoms with Crippen LogP contribution in [0.1, 0.15) is 36.2 Å². The summed E-state index contributed by atoms with van der Waals surface area (Å²) in [5.74, 6) is 0. The van der Waals surface area contributed by atoms with Crippen molar-refractivity contribution in [3.8, 4) is 0 Å². The van der Waals surface area contributed by atoms with Gasteiger partial charge >= 0.3 is 6.18 Å². The molecule has 1 atom stereocenters. The van der Waals surface area contributed by atoms with E-state index in [0.717, 1.165) is 14.2 Å². The molecule has 17 heavy (non-hydrogen) atoms. The van der Waals surface area contributed by atoms with E-state index >= 15 is 0 Å². The Morgan fingerprint density at radius 3 is 2.53 bits per heavy atom. The lowest BCUT2D eigenvalue weighted by molar-refractivity contribution is -0.136. The van der Waals surface area contributed by atoms with Crippen LogP contribution in [-0.4, -0.2) is 12.7 Å². The highest BCUT2D eigenvalue weighted by Crippen LogP contribution is 2.34.